The molecule has 0 aliphatic carbocycles. The highest BCUT2D eigenvalue weighted by molar-refractivity contribution is 5.96. The minimum atomic E-state index is -0.428. The Kier molecular flexibility index (Phi) is 6.22. The van der Waals surface area contributed by atoms with Crippen LogP contribution in [0.15, 0.2) is 60.8 Å². The van der Waals surface area contributed by atoms with E-state index in [1.54, 1.807) is 18.0 Å². The first-order chi connectivity index (χ1) is 13.2. The Balaban J connectivity index is 1.93. The number of benzene rings is 2. The molecule has 0 saturated heterocycles. The van der Waals surface area contributed by atoms with E-state index >= 15 is 0 Å². The molecular formula is C21H22N2O4. The lowest BCUT2D eigenvalue weighted by molar-refractivity contribution is 0.0336. The molecule has 27 heavy (non-hydrogen) atoms. The summed E-state index contributed by atoms with van der Waals surface area (Å²) in [5.74, 6) is 0.310. The van der Waals surface area contributed by atoms with Crippen molar-refractivity contribution in [3.05, 3.63) is 66.4 Å². The lowest BCUT2D eigenvalue weighted by Crippen LogP contribution is -2.11. The van der Waals surface area contributed by atoms with Crippen molar-refractivity contribution in [2.24, 2.45) is 0 Å². The molecule has 0 unspecified atom stereocenters. The zero-order chi connectivity index (χ0) is 19.1. The molecule has 3 aromatic rings. The average molecular weight is 366 g/mol. The first-order valence-corrected chi connectivity index (χ1v) is 8.77. The van der Waals surface area contributed by atoms with Crippen LogP contribution in [0.2, 0.25) is 0 Å². The van der Waals surface area contributed by atoms with Crippen molar-refractivity contribution < 1.29 is 19.0 Å². The van der Waals surface area contributed by atoms with Gasteiger partial charge in [-0.2, -0.15) is 5.10 Å². The maximum absolute atomic E-state index is 12.6. The molecule has 2 aromatic carbocycles. The maximum atomic E-state index is 12.6. The number of aromatic nitrogens is 2. The van der Waals surface area contributed by atoms with Crippen molar-refractivity contribution in [3.8, 4) is 22.7 Å². The van der Waals surface area contributed by atoms with Crippen LogP contribution in [0.4, 0.5) is 0 Å². The SMILES string of the molecule is CCOCCOC(=O)c1cn(-c2ccccc2)nc1-c1ccc(OC)cc1. The number of ether oxygens (including phenoxy) is 3. The van der Waals surface area contributed by atoms with Gasteiger partial charge in [-0.05, 0) is 43.3 Å². The number of nitrogens with zero attached hydrogens (tertiary/aromatic N) is 2. The van der Waals surface area contributed by atoms with Gasteiger partial charge in [0.2, 0.25) is 0 Å². The first-order valence-electron chi connectivity index (χ1n) is 8.77. The molecule has 6 heteroatoms. The van der Waals surface area contributed by atoms with Crippen molar-refractivity contribution in [3.63, 3.8) is 0 Å². The molecule has 0 bridgehead atoms. The second kappa shape index (κ2) is 9.00. The van der Waals surface area contributed by atoms with Crippen LogP contribution in [0.5, 0.6) is 5.75 Å². The van der Waals surface area contributed by atoms with E-state index in [9.17, 15) is 4.79 Å². The third-order valence-electron chi connectivity index (χ3n) is 3.98. The number of para-hydroxylation sites is 1. The molecule has 0 fully saturated rings. The van der Waals surface area contributed by atoms with Crippen molar-refractivity contribution >= 4 is 5.97 Å². The van der Waals surface area contributed by atoms with Gasteiger partial charge in [0.1, 0.15) is 23.6 Å². The normalized spacial score (nSPS) is 10.6. The molecule has 3 rings (SSSR count). The summed E-state index contributed by atoms with van der Waals surface area (Å²) < 4.78 is 17.4. The lowest BCUT2D eigenvalue weighted by Gasteiger charge is -2.05. The van der Waals surface area contributed by atoms with Crippen LogP contribution in [0, 0.1) is 0 Å². The summed E-state index contributed by atoms with van der Waals surface area (Å²) in [7, 11) is 1.61. The van der Waals surface area contributed by atoms with Gasteiger partial charge in [0.05, 0.1) is 19.4 Å². The fourth-order valence-corrected chi connectivity index (χ4v) is 2.61. The maximum Gasteiger partial charge on any atom is 0.342 e. The minimum absolute atomic E-state index is 0.200. The smallest absolute Gasteiger partial charge is 0.342 e. The van der Waals surface area contributed by atoms with Crippen LogP contribution in [0.25, 0.3) is 16.9 Å². The molecular weight excluding hydrogens is 344 g/mol. The Morgan fingerprint density at radius 3 is 2.44 bits per heavy atom. The number of carbonyl (C=O) groups excluding carboxylic acids is 1. The van der Waals surface area contributed by atoms with E-state index in [0.717, 1.165) is 17.0 Å². The zero-order valence-electron chi connectivity index (χ0n) is 15.4. The van der Waals surface area contributed by atoms with E-state index in [2.05, 4.69) is 5.10 Å². The largest absolute Gasteiger partial charge is 0.497 e. The summed E-state index contributed by atoms with van der Waals surface area (Å²) in [5.41, 5.74) is 2.63. The van der Waals surface area contributed by atoms with Gasteiger partial charge < -0.3 is 14.2 Å². The molecule has 0 aliphatic rings. The molecule has 0 saturated carbocycles. The molecule has 0 N–H and O–H groups in total. The van der Waals surface area contributed by atoms with E-state index in [4.69, 9.17) is 14.2 Å². The molecule has 0 amide bonds. The highest BCUT2D eigenvalue weighted by Gasteiger charge is 2.20. The Morgan fingerprint density at radius 2 is 1.78 bits per heavy atom. The number of hydrogen-bond donors (Lipinski definition) is 0. The molecule has 1 aromatic heterocycles. The van der Waals surface area contributed by atoms with Crippen molar-refractivity contribution in [2.45, 2.75) is 6.92 Å². The van der Waals surface area contributed by atoms with Crippen LogP contribution in [0.3, 0.4) is 0 Å². The topological polar surface area (TPSA) is 62.6 Å². The summed E-state index contributed by atoms with van der Waals surface area (Å²) in [6, 6.07) is 17.0. The van der Waals surface area contributed by atoms with Gasteiger partial charge in [-0.3, -0.25) is 0 Å². The quantitative estimate of drug-likeness (QED) is 0.449. The number of carbonyl (C=O) groups is 1. The van der Waals surface area contributed by atoms with E-state index in [0.29, 0.717) is 24.5 Å². The Bertz CT molecular complexity index is 873. The molecule has 6 nitrogen and oxygen atoms in total. The molecule has 0 aliphatic heterocycles. The van der Waals surface area contributed by atoms with Crippen LogP contribution in [0.1, 0.15) is 17.3 Å². The van der Waals surface area contributed by atoms with Gasteiger partial charge >= 0.3 is 5.97 Å². The zero-order valence-corrected chi connectivity index (χ0v) is 15.4. The Hall–Kier alpha value is -3.12. The third kappa shape index (κ3) is 4.54. The van der Waals surface area contributed by atoms with Gasteiger partial charge in [0, 0.05) is 18.4 Å². The van der Waals surface area contributed by atoms with Gasteiger partial charge in [-0.1, -0.05) is 18.2 Å². The standard InChI is InChI=1S/C21H22N2O4/c1-3-26-13-14-27-21(24)19-15-23(17-7-5-4-6-8-17)22-20(19)16-9-11-18(25-2)12-10-16/h4-12,15H,3,13-14H2,1-2H3. The monoisotopic (exact) mass is 366 g/mol. The number of esters is 1. The van der Waals surface area contributed by atoms with Gasteiger partial charge in [-0.25, -0.2) is 9.48 Å². The van der Waals surface area contributed by atoms with Crippen LogP contribution in [-0.4, -0.2) is 42.7 Å². The number of methoxy groups -OCH3 is 1. The third-order valence-corrected chi connectivity index (χ3v) is 3.98. The van der Waals surface area contributed by atoms with E-state index < -0.39 is 5.97 Å². The average Bonchev–Trinajstić information content (AvgIpc) is 3.17. The van der Waals surface area contributed by atoms with Crippen LogP contribution >= 0.6 is 0 Å². The van der Waals surface area contributed by atoms with Crippen molar-refractivity contribution in [1.82, 2.24) is 9.78 Å². The van der Waals surface area contributed by atoms with Crippen molar-refractivity contribution in [1.29, 1.82) is 0 Å². The summed E-state index contributed by atoms with van der Waals surface area (Å²) >= 11 is 0. The Morgan fingerprint density at radius 1 is 1.04 bits per heavy atom. The van der Waals surface area contributed by atoms with Crippen LogP contribution < -0.4 is 4.74 Å². The van der Waals surface area contributed by atoms with Crippen molar-refractivity contribution in [2.75, 3.05) is 26.9 Å². The Labute approximate surface area is 158 Å². The molecule has 0 spiro atoms. The summed E-state index contributed by atoms with van der Waals surface area (Å²) in [5, 5.41) is 4.62. The van der Waals surface area contributed by atoms with E-state index in [1.807, 2.05) is 61.5 Å². The molecule has 0 atom stereocenters. The molecule has 140 valence electrons. The predicted octanol–water partition coefficient (Wildman–Crippen LogP) is 3.74. The highest BCUT2D eigenvalue weighted by atomic mass is 16.6. The fourth-order valence-electron chi connectivity index (χ4n) is 2.61. The van der Waals surface area contributed by atoms with Crippen LogP contribution in [-0.2, 0) is 9.47 Å². The molecule has 1 heterocycles. The van der Waals surface area contributed by atoms with E-state index in [1.165, 1.54) is 0 Å². The highest BCUT2D eigenvalue weighted by Crippen LogP contribution is 2.26. The first kappa shape index (κ1) is 18.7. The second-order valence-corrected chi connectivity index (χ2v) is 5.73. The minimum Gasteiger partial charge on any atom is -0.497 e. The predicted molar refractivity (Wildman–Crippen MR) is 102 cm³/mol. The summed E-state index contributed by atoms with van der Waals surface area (Å²) in [6.45, 7) is 3.05. The summed E-state index contributed by atoms with van der Waals surface area (Å²) in [4.78, 5) is 12.6. The summed E-state index contributed by atoms with van der Waals surface area (Å²) in [6.07, 6.45) is 1.69. The van der Waals surface area contributed by atoms with Gasteiger partial charge in [0.25, 0.3) is 0 Å². The fraction of sp³-hybridized carbons (Fsp3) is 0.238. The molecule has 0 radical (unpaired) electrons. The van der Waals surface area contributed by atoms with Gasteiger partial charge in [0.15, 0.2) is 0 Å². The second-order valence-electron chi connectivity index (χ2n) is 5.73. The number of rotatable bonds is 8. The van der Waals surface area contributed by atoms with E-state index in [-0.39, 0.29) is 6.61 Å². The lowest BCUT2D eigenvalue weighted by atomic mass is 10.1. The number of hydrogen-bond acceptors (Lipinski definition) is 5. The van der Waals surface area contributed by atoms with Gasteiger partial charge in [-0.15, -0.1) is 0 Å².